The Labute approximate surface area is 99.4 Å². The molecule has 0 saturated heterocycles. The van der Waals surface area contributed by atoms with E-state index in [2.05, 4.69) is 6.92 Å². The number of nitrogens with two attached hydrogens (primary N) is 1. The van der Waals surface area contributed by atoms with Gasteiger partial charge >= 0.3 is 0 Å². The molecular weight excluding hydrogens is 222 g/mol. The van der Waals surface area contributed by atoms with Crippen LogP contribution < -0.4 is 10.5 Å². The predicted octanol–water partition coefficient (Wildman–Crippen LogP) is 1.85. The monoisotopic (exact) mass is 241 g/mol. The molecule has 2 atom stereocenters. The lowest BCUT2D eigenvalue weighted by Gasteiger charge is -2.11. The molecule has 0 aromatic heterocycles. The lowest BCUT2D eigenvalue weighted by atomic mass is 10.1. The average molecular weight is 241 g/mol. The van der Waals surface area contributed by atoms with E-state index in [4.69, 9.17) is 10.5 Å². The van der Waals surface area contributed by atoms with Crippen molar-refractivity contribution in [2.45, 2.75) is 19.4 Å². The van der Waals surface area contributed by atoms with E-state index in [1.807, 2.05) is 24.3 Å². The Hall–Kier alpha value is -0.870. The van der Waals surface area contributed by atoms with Gasteiger partial charge in [-0.25, -0.2) is 0 Å². The summed E-state index contributed by atoms with van der Waals surface area (Å²) >= 11 is 0. The van der Waals surface area contributed by atoms with Gasteiger partial charge in [-0.2, -0.15) is 0 Å². The highest BCUT2D eigenvalue weighted by atomic mass is 32.2. The second kappa shape index (κ2) is 6.66. The van der Waals surface area contributed by atoms with Crippen LogP contribution in [0.25, 0.3) is 0 Å². The van der Waals surface area contributed by atoms with Gasteiger partial charge in [0.05, 0.1) is 6.61 Å². The quantitative estimate of drug-likeness (QED) is 0.827. The Morgan fingerprint density at radius 1 is 1.38 bits per heavy atom. The third-order valence-corrected chi connectivity index (χ3v) is 3.02. The summed E-state index contributed by atoms with van der Waals surface area (Å²) in [7, 11) is -0.863. The fourth-order valence-electron chi connectivity index (χ4n) is 1.38. The largest absolute Gasteiger partial charge is 0.494 e. The highest BCUT2D eigenvalue weighted by Gasteiger charge is 2.07. The van der Waals surface area contributed by atoms with E-state index in [1.54, 1.807) is 6.26 Å². The summed E-state index contributed by atoms with van der Waals surface area (Å²) in [5.74, 6) is 1.35. The highest BCUT2D eigenvalue weighted by molar-refractivity contribution is 7.84. The molecule has 1 aromatic carbocycles. The Balaban J connectivity index is 2.59. The minimum Gasteiger partial charge on any atom is -0.494 e. The zero-order valence-corrected chi connectivity index (χ0v) is 10.6. The van der Waals surface area contributed by atoms with Crippen molar-refractivity contribution in [1.82, 2.24) is 0 Å². The van der Waals surface area contributed by atoms with Crippen LogP contribution in [0, 0.1) is 0 Å². The van der Waals surface area contributed by atoms with Crippen LogP contribution in [0.5, 0.6) is 5.75 Å². The number of benzene rings is 1. The van der Waals surface area contributed by atoms with E-state index >= 15 is 0 Å². The van der Waals surface area contributed by atoms with Crippen LogP contribution in [0.15, 0.2) is 24.3 Å². The van der Waals surface area contributed by atoms with Gasteiger partial charge in [0.25, 0.3) is 0 Å². The van der Waals surface area contributed by atoms with Crippen molar-refractivity contribution in [1.29, 1.82) is 0 Å². The maximum Gasteiger partial charge on any atom is 0.119 e. The second-order valence-corrected chi connectivity index (χ2v) is 5.24. The van der Waals surface area contributed by atoms with Gasteiger partial charge in [0.1, 0.15) is 5.75 Å². The molecule has 0 spiro atoms. The van der Waals surface area contributed by atoms with Crippen LogP contribution in [0.2, 0.25) is 0 Å². The predicted molar refractivity (Wildman–Crippen MR) is 68.1 cm³/mol. The molecule has 0 heterocycles. The van der Waals surface area contributed by atoms with Crippen LogP contribution in [0.1, 0.15) is 24.9 Å². The SMILES string of the molecule is CCCOc1ccc(C(N)CS(C)=O)cc1. The second-order valence-electron chi connectivity index (χ2n) is 3.76. The van der Waals surface area contributed by atoms with E-state index < -0.39 is 10.8 Å². The number of rotatable bonds is 6. The fraction of sp³-hybridized carbons (Fsp3) is 0.500. The molecule has 16 heavy (non-hydrogen) atoms. The first-order chi connectivity index (χ1) is 7.63. The first-order valence-corrected chi connectivity index (χ1v) is 7.14. The van der Waals surface area contributed by atoms with Gasteiger partial charge < -0.3 is 10.5 Å². The third kappa shape index (κ3) is 4.33. The van der Waals surface area contributed by atoms with Crippen LogP contribution in [-0.4, -0.2) is 22.8 Å². The van der Waals surface area contributed by atoms with Crippen LogP contribution in [0.3, 0.4) is 0 Å². The van der Waals surface area contributed by atoms with Crippen molar-refractivity contribution in [3.63, 3.8) is 0 Å². The van der Waals surface area contributed by atoms with Crippen LogP contribution >= 0.6 is 0 Å². The normalized spacial score (nSPS) is 14.4. The molecule has 0 radical (unpaired) electrons. The van der Waals surface area contributed by atoms with Crippen molar-refractivity contribution < 1.29 is 8.95 Å². The minimum atomic E-state index is -0.863. The average Bonchev–Trinajstić information content (AvgIpc) is 2.26. The highest BCUT2D eigenvalue weighted by Crippen LogP contribution is 2.17. The van der Waals surface area contributed by atoms with Gasteiger partial charge in [-0.05, 0) is 24.1 Å². The molecule has 3 nitrogen and oxygen atoms in total. The van der Waals surface area contributed by atoms with E-state index in [0.717, 1.165) is 24.3 Å². The molecule has 0 fully saturated rings. The molecule has 90 valence electrons. The van der Waals surface area contributed by atoms with Gasteiger partial charge in [0.2, 0.25) is 0 Å². The van der Waals surface area contributed by atoms with Gasteiger partial charge in [0.15, 0.2) is 0 Å². The number of hydrogen-bond acceptors (Lipinski definition) is 3. The maximum atomic E-state index is 11.0. The first-order valence-electron chi connectivity index (χ1n) is 5.42. The van der Waals surface area contributed by atoms with Gasteiger partial charge in [-0.3, -0.25) is 4.21 Å². The van der Waals surface area contributed by atoms with Crippen molar-refractivity contribution in [2.75, 3.05) is 18.6 Å². The summed E-state index contributed by atoms with van der Waals surface area (Å²) in [6.45, 7) is 2.80. The van der Waals surface area contributed by atoms with Crippen LogP contribution in [0.4, 0.5) is 0 Å². The number of ether oxygens (including phenoxy) is 1. The minimum absolute atomic E-state index is 0.161. The Kier molecular flexibility index (Phi) is 5.49. The lowest BCUT2D eigenvalue weighted by Crippen LogP contribution is -2.17. The Morgan fingerprint density at radius 2 is 2.00 bits per heavy atom. The van der Waals surface area contributed by atoms with Gasteiger partial charge in [0, 0.05) is 28.9 Å². The molecule has 0 saturated carbocycles. The summed E-state index contributed by atoms with van der Waals surface area (Å²) in [4.78, 5) is 0. The molecule has 2 unspecified atom stereocenters. The first kappa shape index (κ1) is 13.2. The van der Waals surface area contributed by atoms with E-state index in [-0.39, 0.29) is 6.04 Å². The molecule has 0 bridgehead atoms. The summed E-state index contributed by atoms with van der Waals surface area (Å²) in [6.07, 6.45) is 2.66. The van der Waals surface area contributed by atoms with E-state index in [1.165, 1.54) is 0 Å². The van der Waals surface area contributed by atoms with Gasteiger partial charge in [-0.1, -0.05) is 19.1 Å². The fourth-order valence-corrected chi connectivity index (χ4v) is 2.08. The zero-order valence-electron chi connectivity index (χ0n) is 9.81. The molecule has 1 aromatic rings. The topological polar surface area (TPSA) is 52.3 Å². The van der Waals surface area contributed by atoms with Gasteiger partial charge in [-0.15, -0.1) is 0 Å². The van der Waals surface area contributed by atoms with Crippen molar-refractivity contribution in [2.24, 2.45) is 5.73 Å². The smallest absolute Gasteiger partial charge is 0.119 e. The molecule has 2 N–H and O–H groups in total. The summed E-state index contributed by atoms with van der Waals surface area (Å²) in [5, 5.41) is 0. The molecule has 0 aliphatic rings. The molecule has 0 amide bonds. The Morgan fingerprint density at radius 3 is 2.50 bits per heavy atom. The lowest BCUT2D eigenvalue weighted by molar-refractivity contribution is 0.317. The van der Waals surface area contributed by atoms with Crippen molar-refractivity contribution in [3.8, 4) is 5.75 Å². The summed E-state index contributed by atoms with van der Waals surface area (Å²) in [5.41, 5.74) is 6.91. The van der Waals surface area contributed by atoms with Crippen molar-refractivity contribution >= 4 is 10.8 Å². The molecule has 0 aliphatic heterocycles. The van der Waals surface area contributed by atoms with Crippen molar-refractivity contribution in [3.05, 3.63) is 29.8 Å². The summed E-state index contributed by atoms with van der Waals surface area (Å²) < 4.78 is 16.5. The summed E-state index contributed by atoms with van der Waals surface area (Å²) in [6, 6.07) is 7.52. The maximum absolute atomic E-state index is 11.0. The molecule has 0 aliphatic carbocycles. The van der Waals surface area contributed by atoms with Crippen LogP contribution in [-0.2, 0) is 10.8 Å². The third-order valence-electron chi connectivity index (χ3n) is 2.20. The molecule has 4 heteroatoms. The molecular formula is C12H19NO2S. The van der Waals surface area contributed by atoms with E-state index in [0.29, 0.717) is 5.75 Å². The standard InChI is InChI=1S/C12H19NO2S/c1-3-8-15-11-6-4-10(5-7-11)12(13)9-16(2)14/h4-7,12H,3,8-9,13H2,1-2H3. The van der Waals surface area contributed by atoms with E-state index in [9.17, 15) is 4.21 Å². The Bertz CT molecular complexity index is 337. The molecule has 1 rings (SSSR count). The number of hydrogen-bond donors (Lipinski definition) is 1. The zero-order chi connectivity index (χ0) is 12.0.